The van der Waals surface area contributed by atoms with Crippen molar-refractivity contribution >= 4 is 13.4 Å². The first kappa shape index (κ1) is 21.6. The van der Waals surface area contributed by atoms with Crippen molar-refractivity contribution in [1.29, 1.82) is 5.26 Å². The van der Waals surface area contributed by atoms with Gasteiger partial charge in [0.2, 0.25) is 0 Å². The number of nitriles is 1. The quantitative estimate of drug-likeness (QED) is 0.605. The van der Waals surface area contributed by atoms with Crippen LogP contribution in [0.5, 0.6) is 0 Å². The third kappa shape index (κ3) is 5.42. The highest BCUT2D eigenvalue weighted by Crippen LogP contribution is 2.45. The van der Waals surface area contributed by atoms with Crippen molar-refractivity contribution in [2.24, 2.45) is 5.41 Å². The second kappa shape index (κ2) is 8.14. The number of rotatable bonds is 7. The normalized spacial score (nSPS) is 27.9. The van der Waals surface area contributed by atoms with E-state index in [0.717, 1.165) is 4.68 Å². The first-order valence-electron chi connectivity index (χ1n) is 8.17. The van der Waals surface area contributed by atoms with Gasteiger partial charge in [-0.1, -0.05) is 20.8 Å². The highest BCUT2D eigenvalue weighted by atomic mass is 31.2. The average molecular weight is 402 g/mol. The fourth-order valence-electron chi connectivity index (χ4n) is 2.17. The molecule has 0 bridgehead atoms. The Morgan fingerprint density at radius 2 is 2.07 bits per heavy atom. The molecule has 12 heteroatoms. The van der Waals surface area contributed by atoms with Gasteiger partial charge >= 0.3 is 7.60 Å². The molecule has 0 spiro atoms. The van der Waals surface area contributed by atoms with Gasteiger partial charge in [0.25, 0.3) is 5.82 Å². The lowest BCUT2D eigenvalue weighted by molar-refractivity contribution is -0.128. The summed E-state index contributed by atoms with van der Waals surface area (Å²) in [7, 11) is -3.58. The number of Topliss-reactive ketones (excluding diaryl/α,β-unsaturated/α-hetero) is 1. The van der Waals surface area contributed by atoms with Crippen molar-refractivity contribution in [3.8, 4) is 6.07 Å². The van der Waals surface area contributed by atoms with E-state index in [-0.39, 0.29) is 24.8 Å². The van der Waals surface area contributed by atoms with Crippen molar-refractivity contribution in [3.63, 3.8) is 0 Å². The minimum atomic E-state index is -3.58. The number of aromatic nitrogens is 3. The van der Waals surface area contributed by atoms with Crippen LogP contribution in [0.4, 0.5) is 0 Å². The Bertz CT molecular complexity index is 769. The van der Waals surface area contributed by atoms with Crippen LogP contribution >= 0.6 is 7.60 Å². The van der Waals surface area contributed by atoms with E-state index in [0.29, 0.717) is 0 Å². The molecule has 0 radical (unpaired) electrons. The second-order valence-corrected chi connectivity index (χ2v) is 9.28. The molecular weight excluding hydrogens is 379 g/mol. The van der Waals surface area contributed by atoms with Gasteiger partial charge in [-0.15, -0.1) is 5.10 Å². The molecule has 0 aromatic carbocycles. The Kier molecular flexibility index (Phi) is 6.52. The summed E-state index contributed by atoms with van der Waals surface area (Å²) in [4.78, 5) is 15.6. The Morgan fingerprint density at radius 1 is 1.41 bits per heavy atom. The molecule has 150 valence electrons. The number of aliphatic hydroxyl groups is 2. The largest absolute Gasteiger partial charge is 0.387 e. The van der Waals surface area contributed by atoms with Crippen LogP contribution in [-0.4, -0.2) is 69.0 Å². The smallest absolute Gasteiger partial charge is 0.328 e. The van der Waals surface area contributed by atoms with E-state index in [1.165, 1.54) is 13.0 Å². The van der Waals surface area contributed by atoms with Gasteiger partial charge in [0.15, 0.2) is 12.0 Å². The van der Waals surface area contributed by atoms with Crippen LogP contribution in [0.15, 0.2) is 6.33 Å². The van der Waals surface area contributed by atoms with E-state index in [1.54, 1.807) is 26.8 Å². The monoisotopic (exact) mass is 402 g/mol. The number of ether oxygens (including phenoxy) is 1. The predicted molar refractivity (Wildman–Crippen MR) is 90.6 cm³/mol. The maximum atomic E-state index is 12.3. The van der Waals surface area contributed by atoms with Crippen molar-refractivity contribution in [2.45, 2.75) is 45.3 Å². The maximum absolute atomic E-state index is 12.3. The molecule has 2 heterocycles. The molecule has 1 aromatic rings. The van der Waals surface area contributed by atoms with Gasteiger partial charge in [0, 0.05) is 12.1 Å². The summed E-state index contributed by atoms with van der Waals surface area (Å²) < 4.78 is 29.2. The van der Waals surface area contributed by atoms with Crippen LogP contribution in [0.2, 0.25) is 0 Å². The van der Waals surface area contributed by atoms with Gasteiger partial charge in [-0.05, 0) is 0 Å². The van der Waals surface area contributed by atoms with Crippen molar-refractivity contribution < 1.29 is 33.4 Å². The topological polar surface area (TPSA) is 157 Å². The summed E-state index contributed by atoms with van der Waals surface area (Å²) in [6, 6.07) is 1.74. The molecule has 5 atom stereocenters. The summed E-state index contributed by atoms with van der Waals surface area (Å²) in [5.74, 6) is -0.352. The minimum absolute atomic E-state index is 0.116. The highest BCUT2D eigenvalue weighted by Gasteiger charge is 2.45. The second-order valence-electron chi connectivity index (χ2n) is 7.22. The summed E-state index contributed by atoms with van der Waals surface area (Å²) in [6.07, 6.45) is -3.61. The first-order chi connectivity index (χ1) is 12.4. The lowest BCUT2D eigenvalue weighted by atomic mass is 9.91. The zero-order valence-corrected chi connectivity index (χ0v) is 16.4. The van der Waals surface area contributed by atoms with Crippen LogP contribution in [0.1, 0.15) is 32.8 Å². The average Bonchev–Trinajstić information content (AvgIpc) is 3.16. The maximum Gasteiger partial charge on any atom is 0.328 e. The van der Waals surface area contributed by atoms with Crippen LogP contribution in [0, 0.1) is 16.7 Å². The van der Waals surface area contributed by atoms with E-state index in [1.807, 2.05) is 0 Å². The molecule has 11 nitrogen and oxygen atoms in total. The van der Waals surface area contributed by atoms with E-state index in [4.69, 9.17) is 19.0 Å². The number of carbonyl (C=O) groups is 1. The number of aliphatic hydroxyl groups excluding tert-OH is 2. The number of hydrogen-bond donors (Lipinski definition) is 2. The molecule has 1 aliphatic heterocycles. The van der Waals surface area contributed by atoms with Gasteiger partial charge in [-0.2, -0.15) is 5.26 Å². The fraction of sp³-hybridized carbons (Fsp3) is 0.733. The molecule has 1 saturated heterocycles. The lowest BCUT2D eigenvalue weighted by Crippen LogP contribution is -2.33. The molecule has 2 N–H and O–H groups in total. The minimum Gasteiger partial charge on any atom is -0.387 e. The lowest BCUT2D eigenvalue weighted by Gasteiger charge is -2.21. The van der Waals surface area contributed by atoms with Crippen LogP contribution < -0.4 is 0 Å². The molecule has 27 heavy (non-hydrogen) atoms. The molecule has 1 fully saturated rings. The Labute approximate surface area is 156 Å². The van der Waals surface area contributed by atoms with Crippen molar-refractivity contribution in [2.75, 3.05) is 19.9 Å². The number of carbonyl (C=O) groups excluding carboxylic acids is 1. The molecular formula is C15H23N4O7P. The highest BCUT2D eigenvalue weighted by molar-refractivity contribution is 7.53. The Hall–Kier alpha value is -1.67. The summed E-state index contributed by atoms with van der Waals surface area (Å²) in [5.41, 5.74) is -0.637. The Balaban J connectivity index is 1.92. The van der Waals surface area contributed by atoms with Crippen molar-refractivity contribution in [1.82, 2.24) is 14.8 Å². The molecule has 0 aliphatic carbocycles. The summed E-state index contributed by atoms with van der Waals surface area (Å²) in [5, 5.41) is 32.8. The standard InChI is InChI=1S/C15H23N4O7P/c1-15(2,3)10(20)7-25-27(4,23)24-6-9-12(21)13(22)14(26-9)19-8-17-11(5-16)18-19/h8-9,12-14,21-22H,6-7H2,1-4H3/t9-,12+,13?,14-,27?/m1/s1. The molecule has 0 amide bonds. The molecule has 0 saturated carbocycles. The molecule has 1 aromatic heterocycles. The SMILES string of the molecule is CC(C)(C)C(=O)COP(C)(=O)OC[C@H]1O[C@@H](n2cnc(C#N)n2)C(O)[C@H]1O. The zero-order chi connectivity index (χ0) is 20.4. The number of nitrogens with zero attached hydrogens (tertiary/aromatic N) is 4. The van der Waals surface area contributed by atoms with Gasteiger partial charge in [0.1, 0.15) is 37.3 Å². The first-order valence-corrected chi connectivity index (χ1v) is 10.2. The van der Waals surface area contributed by atoms with Crippen LogP contribution in [-0.2, 0) is 23.1 Å². The predicted octanol–water partition coefficient (Wildman–Crippen LogP) is 0.240. The van der Waals surface area contributed by atoms with Gasteiger partial charge in [0.05, 0.1) is 6.61 Å². The van der Waals surface area contributed by atoms with Crippen LogP contribution in [0.3, 0.4) is 0 Å². The van der Waals surface area contributed by atoms with Gasteiger partial charge < -0.3 is 24.0 Å². The zero-order valence-electron chi connectivity index (χ0n) is 15.5. The summed E-state index contributed by atoms with van der Waals surface area (Å²) in [6.45, 7) is 5.64. The molecule has 1 aliphatic rings. The van der Waals surface area contributed by atoms with E-state index in [2.05, 4.69) is 10.1 Å². The third-order valence-corrected chi connectivity index (χ3v) is 5.16. The van der Waals surface area contributed by atoms with Gasteiger partial charge in [-0.25, -0.2) is 9.67 Å². The van der Waals surface area contributed by atoms with Gasteiger partial charge in [-0.3, -0.25) is 9.36 Å². The summed E-state index contributed by atoms with van der Waals surface area (Å²) >= 11 is 0. The van der Waals surface area contributed by atoms with E-state index < -0.39 is 37.6 Å². The third-order valence-electron chi connectivity index (χ3n) is 3.95. The molecule has 2 unspecified atom stereocenters. The number of hydrogen-bond acceptors (Lipinski definition) is 10. The van der Waals surface area contributed by atoms with E-state index >= 15 is 0 Å². The van der Waals surface area contributed by atoms with Crippen molar-refractivity contribution in [3.05, 3.63) is 12.2 Å². The number of ketones is 1. The fourth-order valence-corrected chi connectivity index (χ4v) is 3.02. The van der Waals surface area contributed by atoms with E-state index in [9.17, 15) is 19.6 Å². The Morgan fingerprint density at radius 3 is 2.63 bits per heavy atom. The molecule has 2 rings (SSSR count). The van der Waals surface area contributed by atoms with Crippen LogP contribution in [0.25, 0.3) is 0 Å².